The summed E-state index contributed by atoms with van der Waals surface area (Å²) in [6.07, 6.45) is 8.96. The summed E-state index contributed by atoms with van der Waals surface area (Å²) in [6.45, 7) is 0. The van der Waals surface area contributed by atoms with Crippen LogP contribution in [0.5, 0.6) is 0 Å². The van der Waals surface area contributed by atoms with Crippen molar-refractivity contribution in [2.24, 2.45) is 5.92 Å². The van der Waals surface area contributed by atoms with E-state index in [-0.39, 0.29) is 18.1 Å². The maximum absolute atomic E-state index is 11.6. The minimum absolute atomic E-state index is 0.223. The summed E-state index contributed by atoms with van der Waals surface area (Å²) in [5.41, 5.74) is -1.32. The Balaban J connectivity index is 2.23. The van der Waals surface area contributed by atoms with Crippen molar-refractivity contribution in [1.29, 1.82) is 0 Å². The molecule has 0 saturated carbocycles. The number of carbonyl (C=O) groups excluding carboxylic acids is 1. The Bertz CT molecular complexity index is 340. The van der Waals surface area contributed by atoms with Crippen LogP contribution in [0.25, 0.3) is 0 Å². The Kier molecular flexibility index (Phi) is 2.04. The van der Waals surface area contributed by atoms with Crippen LogP contribution in [-0.2, 0) is 9.53 Å². The van der Waals surface area contributed by atoms with Gasteiger partial charge in [0.2, 0.25) is 0 Å². The number of ether oxygens (including phenoxy) is 1. The van der Waals surface area contributed by atoms with Gasteiger partial charge in [0.05, 0.1) is 7.11 Å². The summed E-state index contributed by atoms with van der Waals surface area (Å²) < 4.78 is 4.97. The summed E-state index contributed by atoms with van der Waals surface area (Å²) in [6, 6.07) is 0. The predicted molar refractivity (Wildman–Crippen MR) is 51.4 cm³/mol. The van der Waals surface area contributed by atoms with Gasteiger partial charge in [-0.05, 0) is 0 Å². The largest absolute Gasteiger partial charge is 0.501 e. The van der Waals surface area contributed by atoms with Crippen LogP contribution in [0.2, 0.25) is 0 Å². The Morgan fingerprint density at radius 3 is 2.64 bits per heavy atom. The fourth-order valence-electron chi connectivity index (χ4n) is 1.84. The molecular formula is C11H12O3. The lowest BCUT2D eigenvalue weighted by atomic mass is 9.85. The highest BCUT2D eigenvalue weighted by molar-refractivity contribution is 6.00. The molecule has 0 saturated heterocycles. The maximum Gasteiger partial charge on any atom is 0.191 e. The average Bonchev–Trinajstić information content (AvgIpc) is 2.76. The third-order valence-corrected chi connectivity index (χ3v) is 2.72. The topological polar surface area (TPSA) is 46.5 Å². The van der Waals surface area contributed by atoms with Gasteiger partial charge in [-0.2, -0.15) is 0 Å². The maximum atomic E-state index is 11.6. The molecule has 2 rings (SSSR count). The smallest absolute Gasteiger partial charge is 0.191 e. The molecule has 0 aliphatic heterocycles. The van der Waals surface area contributed by atoms with E-state index in [9.17, 15) is 9.90 Å². The molecule has 0 heterocycles. The van der Waals surface area contributed by atoms with E-state index >= 15 is 0 Å². The molecule has 0 fully saturated rings. The molecule has 0 bridgehead atoms. The first-order valence-electron chi connectivity index (χ1n) is 4.53. The molecular weight excluding hydrogens is 180 g/mol. The van der Waals surface area contributed by atoms with Crippen LogP contribution in [0.4, 0.5) is 0 Å². The fraction of sp³-hybridized carbons (Fsp3) is 0.364. The van der Waals surface area contributed by atoms with E-state index in [1.807, 2.05) is 24.3 Å². The van der Waals surface area contributed by atoms with E-state index in [1.165, 1.54) is 13.2 Å². The zero-order valence-corrected chi connectivity index (χ0v) is 7.93. The quantitative estimate of drug-likeness (QED) is 0.709. The van der Waals surface area contributed by atoms with Crippen molar-refractivity contribution in [3.05, 3.63) is 36.1 Å². The molecule has 0 spiro atoms. The summed E-state index contributed by atoms with van der Waals surface area (Å²) in [5, 5.41) is 10.2. The SMILES string of the molecule is COC1=CC(=O)[C@@](O)(C2C=CC=C2)C1. The summed E-state index contributed by atoms with van der Waals surface area (Å²) in [5.74, 6) is 0.0562. The lowest BCUT2D eigenvalue weighted by Gasteiger charge is -2.25. The molecule has 3 nitrogen and oxygen atoms in total. The van der Waals surface area contributed by atoms with Crippen molar-refractivity contribution >= 4 is 5.78 Å². The van der Waals surface area contributed by atoms with Crippen LogP contribution in [0, 0.1) is 5.92 Å². The molecule has 0 unspecified atom stereocenters. The lowest BCUT2D eigenvalue weighted by Crippen LogP contribution is -2.40. The second kappa shape index (κ2) is 3.10. The molecule has 0 radical (unpaired) electrons. The van der Waals surface area contributed by atoms with Crippen molar-refractivity contribution in [3.63, 3.8) is 0 Å². The van der Waals surface area contributed by atoms with Crippen LogP contribution < -0.4 is 0 Å². The second-order valence-corrected chi connectivity index (χ2v) is 3.58. The third-order valence-electron chi connectivity index (χ3n) is 2.72. The number of hydrogen-bond acceptors (Lipinski definition) is 3. The highest BCUT2D eigenvalue weighted by atomic mass is 16.5. The van der Waals surface area contributed by atoms with Crippen molar-refractivity contribution in [2.45, 2.75) is 12.0 Å². The van der Waals surface area contributed by atoms with Gasteiger partial charge in [-0.25, -0.2) is 0 Å². The second-order valence-electron chi connectivity index (χ2n) is 3.58. The molecule has 1 atom stereocenters. The van der Waals surface area contributed by atoms with Gasteiger partial charge in [-0.15, -0.1) is 0 Å². The van der Waals surface area contributed by atoms with Crippen molar-refractivity contribution < 1.29 is 14.6 Å². The number of rotatable bonds is 2. The Morgan fingerprint density at radius 1 is 1.50 bits per heavy atom. The number of allylic oxidation sites excluding steroid dienone is 2. The molecule has 1 N–H and O–H groups in total. The molecule has 74 valence electrons. The minimum atomic E-state index is -1.32. The van der Waals surface area contributed by atoms with E-state index in [1.54, 1.807) is 0 Å². The van der Waals surface area contributed by atoms with Crippen molar-refractivity contribution in [1.82, 2.24) is 0 Å². The fourth-order valence-corrected chi connectivity index (χ4v) is 1.84. The summed E-state index contributed by atoms with van der Waals surface area (Å²) in [4.78, 5) is 11.6. The molecule has 0 aromatic heterocycles. The van der Waals surface area contributed by atoms with Crippen LogP contribution in [0.1, 0.15) is 6.42 Å². The first-order chi connectivity index (χ1) is 6.66. The van der Waals surface area contributed by atoms with Crippen molar-refractivity contribution in [3.8, 4) is 0 Å². The molecule has 3 heteroatoms. The van der Waals surface area contributed by atoms with E-state index < -0.39 is 5.60 Å². The van der Waals surface area contributed by atoms with E-state index in [2.05, 4.69) is 0 Å². The first-order valence-corrected chi connectivity index (χ1v) is 4.53. The van der Waals surface area contributed by atoms with Gasteiger partial charge in [-0.1, -0.05) is 24.3 Å². The van der Waals surface area contributed by atoms with E-state index in [0.29, 0.717) is 5.76 Å². The van der Waals surface area contributed by atoms with Gasteiger partial charge in [0, 0.05) is 18.4 Å². The first kappa shape index (κ1) is 9.21. The molecule has 2 aliphatic carbocycles. The van der Waals surface area contributed by atoms with Gasteiger partial charge in [0.15, 0.2) is 5.78 Å². The Labute approximate surface area is 82.4 Å². The Hall–Kier alpha value is -1.35. The highest BCUT2D eigenvalue weighted by Crippen LogP contribution is 2.36. The number of aliphatic hydroxyl groups is 1. The number of carbonyl (C=O) groups is 1. The monoisotopic (exact) mass is 192 g/mol. The minimum Gasteiger partial charge on any atom is -0.501 e. The van der Waals surface area contributed by atoms with E-state index in [4.69, 9.17) is 4.74 Å². The zero-order valence-electron chi connectivity index (χ0n) is 7.93. The van der Waals surface area contributed by atoms with Gasteiger partial charge in [0.25, 0.3) is 0 Å². The summed E-state index contributed by atoms with van der Waals surface area (Å²) in [7, 11) is 1.51. The van der Waals surface area contributed by atoms with Gasteiger partial charge in [0.1, 0.15) is 11.4 Å². The molecule has 0 amide bonds. The third kappa shape index (κ3) is 1.21. The van der Waals surface area contributed by atoms with Crippen molar-refractivity contribution in [2.75, 3.05) is 7.11 Å². The highest BCUT2D eigenvalue weighted by Gasteiger charge is 2.46. The predicted octanol–water partition coefficient (Wildman–Crippen LogP) is 0.963. The van der Waals surface area contributed by atoms with Gasteiger partial charge in [-0.3, -0.25) is 4.79 Å². The Morgan fingerprint density at radius 2 is 2.14 bits per heavy atom. The molecule has 2 aliphatic rings. The number of methoxy groups -OCH3 is 1. The van der Waals surface area contributed by atoms with Crippen LogP contribution in [0.3, 0.4) is 0 Å². The van der Waals surface area contributed by atoms with Gasteiger partial charge >= 0.3 is 0 Å². The lowest BCUT2D eigenvalue weighted by molar-refractivity contribution is -0.132. The van der Waals surface area contributed by atoms with Crippen LogP contribution in [-0.4, -0.2) is 23.6 Å². The molecule has 0 aromatic rings. The van der Waals surface area contributed by atoms with Crippen LogP contribution >= 0.6 is 0 Å². The van der Waals surface area contributed by atoms with Gasteiger partial charge < -0.3 is 9.84 Å². The average molecular weight is 192 g/mol. The standard InChI is InChI=1S/C11H12O3/c1-14-9-6-10(12)11(13,7-9)8-4-2-3-5-8/h2-6,8,13H,7H2,1H3/t11-/m0/s1. The molecule has 14 heavy (non-hydrogen) atoms. The normalized spacial score (nSPS) is 31.3. The summed E-state index contributed by atoms with van der Waals surface area (Å²) >= 11 is 0. The van der Waals surface area contributed by atoms with Crippen LogP contribution in [0.15, 0.2) is 36.1 Å². The zero-order chi connectivity index (χ0) is 10.2. The molecule has 0 aromatic carbocycles. The van der Waals surface area contributed by atoms with E-state index in [0.717, 1.165) is 0 Å². The number of hydrogen-bond donors (Lipinski definition) is 1. The number of ketones is 1.